The lowest BCUT2D eigenvalue weighted by molar-refractivity contribution is 0.0600. The first-order valence-corrected chi connectivity index (χ1v) is 6.43. The Morgan fingerprint density at radius 1 is 1.14 bits per heavy atom. The van der Waals surface area contributed by atoms with E-state index in [0.717, 1.165) is 16.7 Å². The number of carbonyl (C=O) groups excluding carboxylic acids is 1. The quantitative estimate of drug-likeness (QED) is 0.531. The van der Waals surface area contributed by atoms with Crippen LogP contribution in [0.1, 0.15) is 28.4 Å². The van der Waals surface area contributed by atoms with E-state index in [9.17, 15) is 9.18 Å². The van der Waals surface area contributed by atoms with Crippen LogP contribution in [-0.4, -0.2) is 13.1 Å². The average molecular weight is 285 g/mol. The number of hydrogen-bond donors (Lipinski definition) is 1. The van der Waals surface area contributed by atoms with E-state index in [2.05, 4.69) is 0 Å². The maximum Gasteiger partial charge on any atom is 0.337 e. The molecule has 0 amide bonds. The molecule has 0 aliphatic carbocycles. The molecule has 0 saturated carbocycles. The summed E-state index contributed by atoms with van der Waals surface area (Å²) in [5.41, 5.74) is 9.45. The number of ether oxygens (including phenoxy) is 1. The van der Waals surface area contributed by atoms with Gasteiger partial charge in [0.05, 0.1) is 12.7 Å². The van der Waals surface area contributed by atoms with Gasteiger partial charge in [-0.25, -0.2) is 9.18 Å². The SMILES string of the molecule is COC(=O)c1ccc(N)c(/C=C(\C)c2ccc(F)cc2)c1. The molecule has 0 bridgehead atoms. The summed E-state index contributed by atoms with van der Waals surface area (Å²) in [6, 6.07) is 11.2. The van der Waals surface area contributed by atoms with Gasteiger partial charge in [-0.3, -0.25) is 0 Å². The van der Waals surface area contributed by atoms with Gasteiger partial charge in [0.2, 0.25) is 0 Å². The number of rotatable bonds is 3. The molecule has 0 spiro atoms. The van der Waals surface area contributed by atoms with Crippen LogP contribution in [0.25, 0.3) is 11.6 Å². The molecule has 0 fully saturated rings. The third kappa shape index (κ3) is 3.48. The van der Waals surface area contributed by atoms with Crippen molar-refractivity contribution in [3.63, 3.8) is 0 Å². The molecule has 2 rings (SSSR count). The lowest BCUT2D eigenvalue weighted by Crippen LogP contribution is -2.02. The molecule has 0 saturated heterocycles. The van der Waals surface area contributed by atoms with Crippen molar-refractivity contribution in [3.05, 3.63) is 65.0 Å². The molecule has 2 aromatic rings. The predicted molar refractivity (Wildman–Crippen MR) is 82.1 cm³/mol. The van der Waals surface area contributed by atoms with E-state index in [0.29, 0.717) is 11.3 Å². The number of esters is 1. The van der Waals surface area contributed by atoms with Crippen LogP contribution in [0.3, 0.4) is 0 Å². The second-order valence-electron chi connectivity index (χ2n) is 4.67. The second-order valence-corrected chi connectivity index (χ2v) is 4.67. The first kappa shape index (κ1) is 14.8. The third-order valence-corrected chi connectivity index (χ3v) is 3.18. The Balaban J connectivity index is 2.39. The fourth-order valence-corrected chi connectivity index (χ4v) is 1.97. The van der Waals surface area contributed by atoms with Gasteiger partial charge in [-0.1, -0.05) is 12.1 Å². The molecule has 0 aromatic heterocycles. The van der Waals surface area contributed by atoms with Crippen molar-refractivity contribution >= 4 is 23.3 Å². The summed E-state index contributed by atoms with van der Waals surface area (Å²) in [5, 5.41) is 0. The predicted octanol–water partition coefficient (Wildman–Crippen LogP) is 3.76. The van der Waals surface area contributed by atoms with Crippen molar-refractivity contribution in [1.29, 1.82) is 0 Å². The fraction of sp³-hybridized carbons (Fsp3) is 0.118. The number of hydrogen-bond acceptors (Lipinski definition) is 3. The van der Waals surface area contributed by atoms with Crippen molar-refractivity contribution in [2.24, 2.45) is 0 Å². The van der Waals surface area contributed by atoms with Crippen molar-refractivity contribution < 1.29 is 13.9 Å². The number of carbonyl (C=O) groups is 1. The number of benzene rings is 2. The Bertz CT molecular complexity index is 690. The highest BCUT2D eigenvalue weighted by atomic mass is 19.1. The largest absolute Gasteiger partial charge is 0.465 e. The Kier molecular flexibility index (Phi) is 4.38. The van der Waals surface area contributed by atoms with Gasteiger partial charge in [-0.15, -0.1) is 0 Å². The van der Waals surface area contributed by atoms with Crippen LogP contribution in [0.5, 0.6) is 0 Å². The summed E-state index contributed by atoms with van der Waals surface area (Å²) in [5.74, 6) is -0.692. The Morgan fingerprint density at radius 3 is 2.38 bits per heavy atom. The van der Waals surface area contributed by atoms with Gasteiger partial charge in [0.25, 0.3) is 0 Å². The molecule has 0 radical (unpaired) electrons. The van der Waals surface area contributed by atoms with E-state index in [1.807, 2.05) is 13.0 Å². The number of nitrogens with two attached hydrogens (primary N) is 1. The van der Waals surface area contributed by atoms with Gasteiger partial charge in [-0.05, 0) is 60.0 Å². The van der Waals surface area contributed by atoms with E-state index in [4.69, 9.17) is 10.5 Å². The standard InChI is InChI=1S/C17H16FNO2/c1-11(12-3-6-15(18)7-4-12)9-14-10-13(17(20)21-2)5-8-16(14)19/h3-10H,19H2,1-2H3/b11-9+. The van der Waals surface area contributed by atoms with E-state index in [1.54, 1.807) is 30.3 Å². The molecule has 0 heterocycles. The normalized spacial score (nSPS) is 11.3. The van der Waals surface area contributed by atoms with E-state index < -0.39 is 5.97 Å². The summed E-state index contributed by atoms with van der Waals surface area (Å²) in [6.07, 6.45) is 1.86. The van der Waals surface area contributed by atoms with E-state index in [1.165, 1.54) is 19.2 Å². The third-order valence-electron chi connectivity index (χ3n) is 3.18. The van der Waals surface area contributed by atoms with Gasteiger partial charge >= 0.3 is 5.97 Å². The van der Waals surface area contributed by atoms with Gasteiger partial charge in [0.1, 0.15) is 5.82 Å². The summed E-state index contributed by atoms with van der Waals surface area (Å²) in [4.78, 5) is 11.5. The number of allylic oxidation sites excluding steroid dienone is 1. The maximum atomic E-state index is 12.9. The molecule has 0 unspecified atom stereocenters. The van der Waals surface area contributed by atoms with Crippen LogP contribution in [0.2, 0.25) is 0 Å². The Hall–Kier alpha value is -2.62. The number of anilines is 1. The van der Waals surface area contributed by atoms with Crippen LogP contribution in [0, 0.1) is 5.82 Å². The smallest absolute Gasteiger partial charge is 0.337 e. The fourth-order valence-electron chi connectivity index (χ4n) is 1.97. The van der Waals surface area contributed by atoms with Crippen molar-refractivity contribution in [3.8, 4) is 0 Å². The number of halogens is 1. The van der Waals surface area contributed by atoms with Gasteiger partial charge in [0.15, 0.2) is 0 Å². The minimum atomic E-state index is -0.413. The second kappa shape index (κ2) is 6.22. The zero-order chi connectivity index (χ0) is 15.4. The van der Waals surface area contributed by atoms with E-state index in [-0.39, 0.29) is 5.82 Å². The molecule has 0 aliphatic rings. The average Bonchev–Trinajstić information content (AvgIpc) is 2.49. The molecule has 2 N–H and O–H groups in total. The Labute approximate surface area is 122 Å². The van der Waals surface area contributed by atoms with Crippen LogP contribution >= 0.6 is 0 Å². The molecule has 108 valence electrons. The lowest BCUT2D eigenvalue weighted by Gasteiger charge is -2.07. The van der Waals surface area contributed by atoms with Crippen molar-refractivity contribution in [2.45, 2.75) is 6.92 Å². The molecular weight excluding hydrogens is 269 g/mol. The molecule has 3 nitrogen and oxygen atoms in total. The summed E-state index contributed by atoms with van der Waals surface area (Å²) < 4.78 is 17.6. The molecule has 2 aromatic carbocycles. The van der Waals surface area contributed by atoms with Crippen LogP contribution < -0.4 is 5.73 Å². The molecular formula is C17H16FNO2. The molecule has 21 heavy (non-hydrogen) atoms. The highest BCUT2D eigenvalue weighted by Crippen LogP contribution is 2.23. The number of methoxy groups -OCH3 is 1. The van der Waals surface area contributed by atoms with Crippen LogP contribution in [0.4, 0.5) is 10.1 Å². The molecule has 4 heteroatoms. The van der Waals surface area contributed by atoms with Crippen molar-refractivity contribution in [1.82, 2.24) is 0 Å². The van der Waals surface area contributed by atoms with Gasteiger partial charge < -0.3 is 10.5 Å². The minimum Gasteiger partial charge on any atom is -0.465 e. The number of nitrogen functional groups attached to an aromatic ring is 1. The van der Waals surface area contributed by atoms with E-state index >= 15 is 0 Å². The van der Waals surface area contributed by atoms with Gasteiger partial charge in [0, 0.05) is 5.69 Å². The first-order chi connectivity index (χ1) is 10.0. The minimum absolute atomic E-state index is 0.279. The summed E-state index contributed by atoms with van der Waals surface area (Å²) in [7, 11) is 1.33. The maximum absolute atomic E-state index is 12.9. The topological polar surface area (TPSA) is 52.3 Å². The lowest BCUT2D eigenvalue weighted by atomic mass is 10.0. The monoisotopic (exact) mass is 285 g/mol. The highest BCUT2D eigenvalue weighted by Gasteiger charge is 2.07. The Morgan fingerprint density at radius 2 is 1.76 bits per heavy atom. The highest BCUT2D eigenvalue weighted by molar-refractivity contribution is 5.92. The van der Waals surface area contributed by atoms with Crippen molar-refractivity contribution in [2.75, 3.05) is 12.8 Å². The first-order valence-electron chi connectivity index (χ1n) is 6.43. The zero-order valence-corrected chi connectivity index (χ0v) is 11.9. The summed E-state index contributed by atoms with van der Waals surface area (Å²) >= 11 is 0. The van der Waals surface area contributed by atoms with Gasteiger partial charge in [-0.2, -0.15) is 0 Å². The van der Waals surface area contributed by atoms with Crippen LogP contribution in [-0.2, 0) is 4.74 Å². The molecule has 0 atom stereocenters. The molecule has 0 aliphatic heterocycles. The summed E-state index contributed by atoms with van der Waals surface area (Å²) in [6.45, 7) is 1.90. The zero-order valence-electron chi connectivity index (χ0n) is 11.9. The van der Waals surface area contributed by atoms with Crippen LogP contribution in [0.15, 0.2) is 42.5 Å².